The maximum Gasteiger partial charge on any atom is 0.338 e. The van der Waals surface area contributed by atoms with E-state index < -0.39 is 16.0 Å². The van der Waals surface area contributed by atoms with Gasteiger partial charge in [0, 0.05) is 18.8 Å². The lowest BCUT2D eigenvalue weighted by Crippen LogP contribution is -2.27. The molecule has 1 heterocycles. The van der Waals surface area contributed by atoms with Crippen LogP contribution in [0.15, 0.2) is 28.5 Å². The number of hydrogen-bond acceptors (Lipinski definition) is 7. The van der Waals surface area contributed by atoms with E-state index in [1.54, 1.807) is 5.38 Å². The Kier molecular flexibility index (Phi) is 6.34. The number of halogens is 1. The van der Waals surface area contributed by atoms with Crippen molar-refractivity contribution in [2.75, 3.05) is 11.4 Å². The van der Waals surface area contributed by atoms with E-state index in [9.17, 15) is 18.0 Å². The molecule has 0 bridgehead atoms. The number of thiazole rings is 1. The van der Waals surface area contributed by atoms with Crippen molar-refractivity contribution >= 4 is 50.0 Å². The molecule has 0 radical (unpaired) electrons. The largest absolute Gasteiger partial charge is 0.456 e. The topological polar surface area (TPSA) is 120 Å². The van der Waals surface area contributed by atoms with Gasteiger partial charge >= 0.3 is 5.97 Å². The highest BCUT2D eigenvalue weighted by atomic mass is 35.5. The van der Waals surface area contributed by atoms with Crippen LogP contribution in [0.25, 0.3) is 0 Å². The average Bonchev–Trinajstić information content (AvgIpc) is 3.00. The van der Waals surface area contributed by atoms with Crippen molar-refractivity contribution in [3.8, 4) is 0 Å². The molecule has 0 spiro atoms. The maximum absolute atomic E-state index is 12.1. The Morgan fingerprint density at radius 2 is 2.08 bits per heavy atom. The number of sulfonamides is 1. The van der Waals surface area contributed by atoms with Crippen LogP contribution < -0.4 is 10.0 Å². The zero-order chi connectivity index (χ0) is 19.5. The van der Waals surface area contributed by atoms with E-state index in [-0.39, 0.29) is 28.0 Å². The Morgan fingerprint density at radius 3 is 2.65 bits per heavy atom. The number of anilines is 1. The number of rotatable bonds is 6. The summed E-state index contributed by atoms with van der Waals surface area (Å²) >= 11 is 7.03. The van der Waals surface area contributed by atoms with Crippen LogP contribution in [0, 0.1) is 0 Å². The van der Waals surface area contributed by atoms with Crippen LogP contribution in [0.3, 0.4) is 0 Å². The van der Waals surface area contributed by atoms with Gasteiger partial charge in [-0.25, -0.2) is 23.3 Å². The fourth-order valence-corrected chi connectivity index (χ4v) is 4.04. The molecule has 140 valence electrons. The van der Waals surface area contributed by atoms with Gasteiger partial charge in [-0.1, -0.05) is 11.6 Å². The summed E-state index contributed by atoms with van der Waals surface area (Å²) in [6, 6.07) is 3.65. The van der Waals surface area contributed by atoms with Crippen molar-refractivity contribution in [3.05, 3.63) is 39.9 Å². The molecule has 0 saturated carbocycles. The van der Waals surface area contributed by atoms with Crippen molar-refractivity contribution in [1.29, 1.82) is 0 Å². The maximum atomic E-state index is 12.1. The number of hydrogen-bond donors (Lipinski definition) is 1. The van der Waals surface area contributed by atoms with Gasteiger partial charge < -0.3 is 4.74 Å². The summed E-state index contributed by atoms with van der Waals surface area (Å²) in [5, 5.41) is 7.15. The molecular weight excluding hydrogens is 402 g/mol. The van der Waals surface area contributed by atoms with Crippen LogP contribution in [-0.2, 0) is 26.2 Å². The Morgan fingerprint density at radius 1 is 1.38 bits per heavy atom. The van der Waals surface area contributed by atoms with Gasteiger partial charge in [-0.05, 0) is 25.1 Å². The van der Waals surface area contributed by atoms with Crippen molar-refractivity contribution < 1.29 is 22.7 Å². The van der Waals surface area contributed by atoms with Crippen LogP contribution in [0.2, 0.25) is 5.02 Å². The van der Waals surface area contributed by atoms with Crippen LogP contribution in [-0.4, -0.2) is 31.8 Å². The number of carbonyl (C=O) groups excluding carboxylic acids is 2. The average molecular weight is 418 g/mol. The number of ether oxygens (including phenoxy) is 1. The first-order valence-corrected chi connectivity index (χ1v) is 10.2. The van der Waals surface area contributed by atoms with Crippen LogP contribution in [0.1, 0.15) is 29.9 Å². The van der Waals surface area contributed by atoms with Crippen molar-refractivity contribution in [3.63, 3.8) is 0 Å². The van der Waals surface area contributed by atoms with Crippen molar-refractivity contribution in [2.45, 2.75) is 25.3 Å². The van der Waals surface area contributed by atoms with Gasteiger partial charge in [0.1, 0.15) is 11.5 Å². The Bertz CT molecular complexity index is 943. The fraction of sp³-hybridized carbons (Fsp3) is 0.267. The third-order valence-corrected chi connectivity index (χ3v) is 5.60. The summed E-state index contributed by atoms with van der Waals surface area (Å²) in [6.07, 6.45) is 0. The molecule has 1 amide bonds. The van der Waals surface area contributed by atoms with Crippen LogP contribution in [0.5, 0.6) is 0 Å². The molecule has 0 aliphatic heterocycles. The summed E-state index contributed by atoms with van der Waals surface area (Å²) in [6.45, 7) is 3.61. The van der Waals surface area contributed by atoms with E-state index in [1.165, 1.54) is 35.3 Å². The SMILES string of the molecule is CCN(C(C)=O)c1nc(COC(=O)c2ccc(Cl)c(S(N)(=O)=O)c2)cs1. The van der Waals surface area contributed by atoms with Gasteiger partial charge in [-0.2, -0.15) is 0 Å². The number of nitrogens with zero attached hydrogens (tertiary/aromatic N) is 2. The van der Waals surface area contributed by atoms with E-state index in [4.69, 9.17) is 21.5 Å². The lowest BCUT2D eigenvalue weighted by molar-refractivity contribution is -0.116. The first-order valence-electron chi connectivity index (χ1n) is 7.35. The monoisotopic (exact) mass is 417 g/mol. The Hall–Kier alpha value is -2.01. The van der Waals surface area contributed by atoms with E-state index in [0.717, 1.165) is 6.07 Å². The van der Waals surface area contributed by atoms with Gasteiger partial charge in [0.05, 0.1) is 16.3 Å². The molecule has 1 aromatic heterocycles. The number of esters is 1. The van der Waals surface area contributed by atoms with Crippen LogP contribution in [0.4, 0.5) is 5.13 Å². The van der Waals surface area contributed by atoms with Gasteiger partial charge in [0.2, 0.25) is 15.9 Å². The molecule has 8 nitrogen and oxygen atoms in total. The smallest absolute Gasteiger partial charge is 0.338 e. The van der Waals surface area contributed by atoms with Gasteiger partial charge in [0.15, 0.2) is 5.13 Å². The van der Waals surface area contributed by atoms with E-state index in [0.29, 0.717) is 17.4 Å². The molecule has 0 aliphatic carbocycles. The zero-order valence-electron chi connectivity index (χ0n) is 13.9. The highest BCUT2D eigenvalue weighted by Crippen LogP contribution is 2.23. The van der Waals surface area contributed by atoms with Gasteiger partial charge in [0.25, 0.3) is 0 Å². The van der Waals surface area contributed by atoms with Crippen LogP contribution >= 0.6 is 22.9 Å². The zero-order valence-corrected chi connectivity index (χ0v) is 16.3. The third kappa shape index (κ3) is 4.79. The first kappa shape index (κ1) is 20.3. The molecule has 2 N–H and O–H groups in total. The quantitative estimate of drug-likeness (QED) is 0.719. The van der Waals surface area contributed by atoms with Crippen molar-refractivity contribution in [1.82, 2.24) is 4.98 Å². The number of benzene rings is 1. The van der Waals surface area contributed by atoms with E-state index in [1.807, 2.05) is 6.92 Å². The summed E-state index contributed by atoms with van der Waals surface area (Å²) < 4.78 is 28.0. The molecule has 1 aromatic carbocycles. The molecule has 0 atom stereocenters. The van der Waals surface area contributed by atoms with Gasteiger partial charge in [-0.3, -0.25) is 9.69 Å². The Labute approximate surface area is 159 Å². The van der Waals surface area contributed by atoms with Gasteiger partial charge in [-0.15, -0.1) is 11.3 Å². The molecule has 2 aromatic rings. The standard InChI is InChI=1S/C15H16ClN3O5S2/c1-3-19(9(2)20)15-18-11(8-25-15)7-24-14(21)10-4-5-12(16)13(6-10)26(17,22)23/h4-6,8H,3,7H2,1-2H3,(H2,17,22,23). The normalized spacial score (nSPS) is 11.2. The number of primary sulfonamides is 1. The summed E-state index contributed by atoms with van der Waals surface area (Å²) in [4.78, 5) is 29.0. The molecule has 0 fully saturated rings. The van der Waals surface area contributed by atoms with E-state index in [2.05, 4.69) is 4.98 Å². The fourth-order valence-electron chi connectivity index (χ4n) is 2.05. The predicted octanol–water partition coefficient (Wildman–Crippen LogP) is 2.17. The molecule has 26 heavy (non-hydrogen) atoms. The second-order valence-corrected chi connectivity index (χ2v) is 7.92. The summed E-state index contributed by atoms with van der Waals surface area (Å²) in [5.41, 5.74) is 0.464. The number of carbonyl (C=O) groups is 2. The number of amides is 1. The highest BCUT2D eigenvalue weighted by molar-refractivity contribution is 7.89. The minimum atomic E-state index is -4.06. The lowest BCUT2D eigenvalue weighted by Gasteiger charge is -2.14. The first-order chi connectivity index (χ1) is 12.1. The molecule has 2 rings (SSSR count). The summed E-state index contributed by atoms with van der Waals surface area (Å²) in [5.74, 6) is -0.887. The number of aromatic nitrogens is 1. The molecule has 0 aliphatic rings. The Balaban J connectivity index is 2.10. The minimum Gasteiger partial charge on any atom is -0.456 e. The third-order valence-electron chi connectivity index (χ3n) is 3.29. The molecule has 0 saturated heterocycles. The highest BCUT2D eigenvalue weighted by Gasteiger charge is 2.18. The molecular formula is C15H16ClN3O5S2. The second kappa shape index (κ2) is 8.12. The predicted molar refractivity (Wildman–Crippen MR) is 97.8 cm³/mol. The van der Waals surface area contributed by atoms with Crippen molar-refractivity contribution in [2.24, 2.45) is 5.14 Å². The molecule has 0 unspecified atom stereocenters. The minimum absolute atomic E-state index is 0.00667. The number of nitrogens with two attached hydrogens (primary N) is 1. The summed E-state index contributed by atoms with van der Waals surface area (Å²) in [7, 11) is -4.06. The van der Waals surface area contributed by atoms with E-state index >= 15 is 0 Å². The second-order valence-electron chi connectivity index (χ2n) is 5.15. The molecule has 11 heteroatoms. The lowest BCUT2D eigenvalue weighted by atomic mass is 10.2.